The second-order valence-electron chi connectivity index (χ2n) is 6.98. The average molecular weight is 381 g/mol. The number of nitrogens with zero attached hydrogens (tertiary/aromatic N) is 2. The number of carboxylic acid groups (broad SMARTS) is 1. The number of piperazine rings is 1. The van der Waals surface area contributed by atoms with Gasteiger partial charge in [-0.15, -0.1) is 0 Å². The number of fused-ring (bicyclic) bond motifs is 1. The Hall–Kier alpha value is -2.55. The molecule has 1 unspecified atom stereocenters. The third kappa shape index (κ3) is 2.95. The Labute approximate surface area is 152 Å². The Kier molecular flexibility index (Phi) is 4.33. The lowest BCUT2D eigenvalue weighted by Gasteiger charge is -2.34. The number of nitrogens with one attached hydrogen (secondary N) is 1. The van der Waals surface area contributed by atoms with Crippen LogP contribution in [0.15, 0.2) is 17.1 Å². The third-order valence-electron chi connectivity index (χ3n) is 5.11. The highest BCUT2D eigenvalue weighted by Gasteiger charge is 2.32. The minimum Gasteiger partial charge on any atom is -0.477 e. The van der Waals surface area contributed by atoms with Gasteiger partial charge in [0.2, 0.25) is 5.43 Å². The van der Waals surface area contributed by atoms with E-state index in [9.17, 15) is 23.5 Å². The van der Waals surface area contributed by atoms with E-state index in [1.165, 1.54) is 9.47 Å². The van der Waals surface area contributed by atoms with Gasteiger partial charge in [-0.2, -0.15) is 0 Å². The topological polar surface area (TPSA) is 74.6 Å². The maximum Gasteiger partial charge on any atom is 0.341 e. The van der Waals surface area contributed by atoms with Gasteiger partial charge in [0.25, 0.3) is 0 Å². The molecule has 0 bridgehead atoms. The van der Waals surface area contributed by atoms with E-state index >= 15 is 4.39 Å². The van der Waals surface area contributed by atoms with Crippen LogP contribution < -0.4 is 15.6 Å². The lowest BCUT2D eigenvalue weighted by molar-refractivity contribution is 0.0695. The van der Waals surface area contributed by atoms with Gasteiger partial charge in [0.05, 0.1) is 16.9 Å². The summed E-state index contributed by atoms with van der Waals surface area (Å²) in [6, 6.07) is 0.238. The zero-order chi connectivity index (χ0) is 19.3. The van der Waals surface area contributed by atoms with Crippen molar-refractivity contribution >= 4 is 22.6 Å². The van der Waals surface area contributed by atoms with E-state index < -0.39 is 41.3 Å². The van der Waals surface area contributed by atoms with Gasteiger partial charge in [-0.25, -0.2) is 18.0 Å². The molecule has 1 atom stereocenters. The summed E-state index contributed by atoms with van der Waals surface area (Å²) in [6.45, 7) is 0.0917. The number of rotatable bonds is 4. The van der Waals surface area contributed by atoms with Crippen LogP contribution in [0, 0.1) is 11.6 Å². The number of alkyl halides is 1. The van der Waals surface area contributed by atoms with Crippen molar-refractivity contribution < 1.29 is 23.1 Å². The highest BCUT2D eigenvalue weighted by atomic mass is 19.1. The maximum absolute atomic E-state index is 15.4. The first kappa shape index (κ1) is 17.8. The second kappa shape index (κ2) is 6.56. The quantitative estimate of drug-likeness (QED) is 0.848. The normalized spacial score (nSPS) is 20.3. The van der Waals surface area contributed by atoms with Gasteiger partial charge in [-0.1, -0.05) is 0 Å². The van der Waals surface area contributed by atoms with E-state index in [-0.39, 0.29) is 35.7 Å². The monoisotopic (exact) mass is 381 g/mol. The third-order valence-corrected chi connectivity index (χ3v) is 5.11. The van der Waals surface area contributed by atoms with Crippen LogP contribution in [-0.2, 0) is 0 Å². The van der Waals surface area contributed by atoms with Crippen LogP contribution in [0.3, 0.4) is 0 Å². The first-order chi connectivity index (χ1) is 12.9. The maximum atomic E-state index is 15.4. The molecule has 4 rings (SSSR count). The average Bonchev–Trinajstić information content (AvgIpc) is 3.47. The van der Waals surface area contributed by atoms with E-state index in [0.717, 1.165) is 25.1 Å². The van der Waals surface area contributed by atoms with Crippen molar-refractivity contribution in [2.45, 2.75) is 24.9 Å². The largest absolute Gasteiger partial charge is 0.477 e. The van der Waals surface area contributed by atoms with Crippen molar-refractivity contribution in [2.24, 2.45) is 0 Å². The second-order valence-corrected chi connectivity index (χ2v) is 6.98. The number of hydrogen-bond donors (Lipinski definition) is 2. The number of aromatic carboxylic acids is 1. The molecule has 1 aliphatic heterocycles. The van der Waals surface area contributed by atoms with Crippen molar-refractivity contribution in [1.82, 2.24) is 9.88 Å². The van der Waals surface area contributed by atoms with E-state index in [1.807, 2.05) is 0 Å². The zero-order valence-corrected chi connectivity index (χ0v) is 14.3. The van der Waals surface area contributed by atoms with Crippen molar-refractivity contribution in [3.8, 4) is 0 Å². The van der Waals surface area contributed by atoms with Gasteiger partial charge in [-0.05, 0) is 18.9 Å². The van der Waals surface area contributed by atoms with Crippen molar-refractivity contribution in [1.29, 1.82) is 0 Å². The Bertz CT molecular complexity index is 987. The molecule has 1 aliphatic carbocycles. The zero-order valence-electron chi connectivity index (χ0n) is 14.3. The molecule has 6 nitrogen and oxygen atoms in total. The molecule has 1 saturated heterocycles. The number of halogens is 3. The first-order valence-electron chi connectivity index (χ1n) is 8.76. The minimum absolute atomic E-state index is 0.0940. The number of pyridine rings is 1. The van der Waals surface area contributed by atoms with Crippen LogP contribution in [0.5, 0.6) is 0 Å². The molecule has 2 aromatic rings. The minimum atomic E-state index is -1.44. The smallest absolute Gasteiger partial charge is 0.341 e. The van der Waals surface area contributed by atoms with Crippen LogP contribution in [0.2, 0.25) is 0 Å². The fourth-order valence-electron chi connectivity index (χ4n) is 3.65. The molecular weight excluding hydrogens is 363 g/mol. The van der Waals surface area contributed by atoms with E-state index in [1.54, 1.807) is 0 Å². The highest BCUT2D eigenvalue weighted by Crippen LogP contribution is 2.39. The number of anilines is 1. The molecule has 1 saturated carbocycles. The van der Waals surface area contributed by atoms with E-state index in [2.05, 4.69) is 5.32 Å². The molecule has 2 aliphatic rings. The standard InChI is InChI=1S/C18H18F3N3O3/c19-6-9-7-23(4-3-22-9)16-13(20)5-11-15(14(16)21)24(10-1-2-10)8-12(17(11)25)18(26)27/h5,8-10,22H,1-4,6-7H2,(H,26,27). The van der Waals surface area contributed by atoms with E-state index in [0.29, 0.717) is 6.54 Å². The SMILES string of the molecule is O=C(O)c1cn(C2CC2)c2c(F)c(N3CCNC(CF)C3)c(F)cc2c1=O. The summed E-state index contributed by atoms with van der Waals surface area (Å²) in [6.07, 6.45) is 2.58. The van der Waals surface area contributed by atoms with Gasteiger partial charge in [0.1, 0.15) is 23.7 Å². The summed E-state index contributed by atoms with van der Waals surface area (Å²) in [5.41, 5.74) is -1.83. The first-order valence-corrected chi connectivity index (χ1v) is 8.76. The predicted molar refractivity (Wildman–Crippen MR) is 93.3 cm³/mol. The van der Waals surface area contributed by atoms with Gasteiger partial charge in [-0.3, -0.25) is 4.79 Å². The molecule has 27 heavy (non-hydrogen) atoms. The number of carboxylic acids is 1. The van der Waals surface area contributed by atoms with Crippen LogP contribution in [-0.4, -0.2) is 48.0 Å². The number of carbonyl (C=O) groups is 1. The highest BCUT2D eigenvalue weighted by molar-refractivity contribution is 5.94. The molecule has 0 amide bonds. The lowest BCUT2D eigenvalue weighted by Crippen LogP contribution is -2.52. The van der Waals surface area contributed by atoms with Crippen molar-refractivity contribution in [3.05, 3.63) is 39.7 Å². The molecule has 0 radical (unpaired) electrons. The summed E-state index contributed by atoms with van der Waals surface area (Å²) in [4.78, 5) is 25.2. The Morgan fingerprint density at radius 2 is 2.07 bits per heavy atom. The molecule has 1 aromatic heterocycles. The van der Waals surface area contributed by atoms with Gasteiger partial charge >= 0.3 is 5.97 Å². The van der Waals surface area contributed by atoms with Gasteiger partial charge in [0, 0.05) is 31.9 Å². The molecular formula is C18H18F3N3O3. The van der Waals surface area contributed by atoms with Crippen LogP contribution >= 0.6 is 0 Å². The molecule has 0 spiro atoms. The molecule has 2 N–H and O–H groups in total. The molecule has 2 heterocycles. The number of hydrogen-bond acceptors (Lipinski definition) is 4. The molecule has 1 aromatic carbocycles. The summed E-state index contributed by atoms with van der Waals surface area (Å²) >= 11 is 0. The molecule has 9 heteroatoms. The summed E-state index contributed by atoms with van der Waals surface area (Å²) in [5.74, 6) is -3.30. The Morgan fingerprint density at radius 1 is 1.33 bits per heavy atom. The predicted octanol–water partition coefficient (Wildman–Crippen LogP) is 2.06. The fraction of sp³-hybridized carbons (Fsp3) is 0.444. The summed E-state index contributed by atoms with van der Waals surface area (Å²) in [7, 11) is 0. The number of benzene rings is 1. The number of aromatic nitrogens is 1. The Balaban J connectivity index is 1.95. The summed E-state index contributed by atoms with van der Waals surface area (Å²) < 4.78 is 44.6. The summed E-state index contributed by atoms with van der Waals surface area (Å²) in [5, 5.41) is 11.9. The van der Waals surface area contributed by atoms with Crippen molar-refractivity contribution in [2.75, 3.05) is 31.2 Å². The molecule has 2 fully saturated rings. The fourth-order valence-corrected chi connectivity index (χ4v) is 3.65. The van der Waals surface area contributed by atoms with Gasteiger partial charge in [0.15, 0.2) is 5.82 Å². The Morgan fingerprint density at radius 3 is 2.70 bits per heavy atom. The lowest BCUT2D eigenvalue weighted by atomic mass is 10.1. The van der Waals surface area contributed by atoms with Crippen molar-refractivity contribution in [3.63, 3.8) is 0 Å². The molecule has 144 valence electrons. The van der Waals surface area contributed by atoms with Crippen LogP contribution in [0.4, 0.5) is 18.9 Å². The van der Waals surface area contributed by atoms with Crippen LogP contribution in [0.25, 0.3) is 10.9 Å². The van der Waals surface area contributed by atoms with Crippen LogP contribution in [0.1, 0.15) is 29.2 Å². The van der Waals surface area contributed by atoms with Gasteiger partial charge < -0.3 is 19.9 Å². The van der Waals surface area contributed by atoms with E-state index in [4.69, 9.17) is 0 Å².